The minimum Gasteiger partial charge on any atom is -0.324 e. The molecule has 0 aliphatic carbocycles. The summed E-state index contributed by atoms with van der Waals surface area (Å²) in [5.41, 5.74) is 6.03. The van der Waals surface area contributed by atoms with Crippen molar-refractivity contribution in [2.45, 2.75) is 20.8 Å². The molecule has 0 aromatic heterocycles. The summed E-state index contributed by atoms with van der Waals surface area (Å²) in [7, 11) is 0. The molecule has 0 heterocycles. The van der Waals surface area contributed by atoms with Crippen LogP contribution >= 0.6 is 0 Å². The lowest BCUT2D eigenvalue weighted by Crippen LogP contribution is -2.20. The first-order valence-corrected chi connectivity index (χ1v) is 5.24. The molecule has 0 aliphatic heterocycles. The Morgan fingerprint density at radius 1 is 1.06 bits per heavy atom. The quantitative estimate of drug-likeness (QED) is 0.791. The van der Waals surface area contributed by atoms with Gasteiger partial charge in [0.25, 0.3) is 0 Å². The summed E-state index contributed by atoms with van der Waals surface area (Å²) < 4.78 is 0. The van der Waals surface area contributed by atoms with Crippen LogP contribution < -0.4 is 5.73 Å². The van der Waals surface area contributed by atoms with Crippen LogP contribution in [-0.4, -0.2) is 18.1 Å². The lowest BCUT2D eigenvalue weighted by Gasteiger charge is -2.16. The highest BCUT2D eigenvalue weighted by molar-refractivity contribution is 6.02. The molecule has 1 rings (SSSR count). The van der Waals surface area contributed by atoms with Gasteiger partial charge < -0.3 is 5.73 Å². The maximum Gasteiger partial charge on any atom is 0.176 e. The van der Waals surface area contributed by atoms with E-state index >= 15 is 0 Å². The Morgan fingerprint density at radius 2 is 1.50 bits per heavy atom. The summed E-state index contributed by atoms with van der Waals surface area (Å²) in [6.07, 6.45) is 0. The van der Waals surface area contributed by atoms with Crippen molar-refractivity contribution < 1.29 is 9.59 Å². The lowest BCUT2D eigenvalue weighted by atomic mass is 9.86. The van der Waals surface area contributed by atoms with Crippen LogP contribution in [0, 0.1) is 5.41 Å². The summed E-state index contributed by atoms with van der Waals surface area (Å²) in [5, 5.41) is 0. The Balaban J connectivity index is 2.96. The number of carbonyl (C=O) groups is 2. The van der Waals surface area contributed by atoms with Crippen molar-refractivity contribution in [3.63, 3.8) is 0 Å². The fraction of sp³-hybridized carbons (Fsp3) is 0.385. The van der Waals surface area contributed by atoms with Crippen molar-refractivity contribution in [2.24, 2.45) is 11.1 Å². The molecule has 0 amide bonds. The predicted octanol–water partition coefficient (Wildman–Crippen LogP) is 2.06. The van der Waals surface area contributed by atoms with E-state index in [0.29, 0.717) is 11.1 Å². The van der Waals surface area contributed by atoms with Crippen LogP contribution in [0.3, 0.4) is 0 Å². The summed E-state index contributed by atoms with van der Waals surface area (Å²) >= 11 is 0. The maximum atomic E-state index is 11.9. The molecule has 0 radical (unpaired) electrons. The second kappa shape index (κ2) is 4.58. The molecule has 0 saturated carbocycles. The van der Waals surface area contributed by atoms with Crippen molar-refractivity contribution in [2.75, 3.05) is 6.54 Å². The average molecular weight is 219 g/mol. The molecule has 0 saturated heterocycles. The van der Waals surface area contributed by atoms with Crippen LogP contribution in [-0.2, 0) is 0 Å². The van der Waals surface area contributed by atoms with E-state index in [2.05, 4.69) is 0 Å². The number of ketones is 2. The minimum absolute atomic E-state index is 0.00738. The number of nitrogens with two attached hydrogens (primary N) is 1. The van der Waals surface area contributed by atoms with E-state index in [4.69, 9.17) is 5.73 Å². The molecule has 0 bridgehead atoms. The van der Waals surface area contributed by atoms with Crippen LogP contribution in [0.1, 0.15) is 41.5 Å². The van der Waals surface area contributed by atoms with Gasteiger partial charge in [0, 0.05) is 16.5 Å². The molecule has 1 aromatic rings. The molecule has 0 aliphatic rings. The van der Waals surface area contributed by atoms with Crippen LogP contribution in [0.4, 0.5) is 0 Å². The molecule has 0 atom stereocenters. The van der Waals surface area contributed by atoms with Gasteiger partial charge in [0.15, 0.2) is 11.6 Å². The second-order valence-electron chi connectivity index (χ2n) is 4.78. The van der Waals surface area contributed by atoms with Gasteiger partial charge in [0.1, 0.15) is 0 Å². The largest absolute Gasteiger partial charge is 0.324 e. The molecule has 0 unspecified atom stereocenters. The molecule has 16 heavy (non-hydrogen) atoms. The van der Waals surface area contributed by atoms with Crippen molar-refractivity contribution in [1.82, 2.24) is 0 Å². The van der Waals surface area contributed by atoms with E-state index in [9.17, 15) is 9.59 Å². The van der Waals surface area contributed by atoms with E-state index in [1.165, 1.54) is 0 Å². The van der Waals surface area contributed by atoms with Crippen molar-refractivity contribution in [3.05, 3.63) is 35.4 Å². The zero-order chi connectivity index (χ0) is 12.3. The van der Waals surface area contributed by atoms with E-state index in [0.717, 1.165) is 0 Å². The smallest absolute Gasteiger partial charge is 0.176 e. The van der Waals surface area contributed by atoms with Crippen LogP contribution in [0.15, 0.2) is 24.3 Å². The first kappa shape index (κ1) is 12.6. The van der Waals surface area contributed by atoms with Crippen LogP contribution in [0.25, 0.3) is 0 Å². The third kappa shape index (κ3) is 2.76. The van der Waals surface area contributed by atoms with E-state index in [1.807, 2.05) is 20.8 Å². The highest BCUT2D eigenvalue weighted by Gasteiger charge is 2.22. The summed E-state index contributed by atoms with van der Waals surface area (Å²) in [4.78, 5) is 23.2. The Labute approximate surface area is 95.6 Å². The van der Waals surface area contributed by atoms with Gasteiger partial charge >= 0.3 is 0 Å². The second-order valence-corrected chi connectivity index (χ2v) is 4.78. The predicted molar refractivity (Wildman–Crippen MR) is 63.6 cm³/mol. The molecular weight excluding hydrogens is 202 g/mol. The molecule has 0 fully saturated rings. The van der Waals surface area contributed by atoms with Crippen LogP contribution in [0.2, 0.25) is 0 Å². The maximum absolute atomic E-state index is 11.9. The normalized spacial score (nSPS) is 11.2. The Hall–Kier alpha value is -1.48. The Morgan fingerprint density at radius 3 is 1.88 bits per heavy atom. The molecular formula is C13H17NO2. The molecule has 2 N–H and O–H groups in total. The molecule has 86 valence electrons. The van der Waals surface area contributed by atoms with E-state index in [1.54, 1.807) is 24.3 Å². The minimum atomic E-state index is -0.403. The number of rotatable bonds is 3. The highest BCUT2D eigenvalue weighted by Crippen LogP contribution is 2.20. The summed E-state index contributed by atoms with van der Waals surface area (Å²) in [5.74, 6) is -0.0472. The number of carbonyl (C=O) groups excluding carboxylic acids is 2. The molecule has 0 spiro atoms. The van der Waals surface area contributed by atoms with Gasteiger partial charge in [0.05, 0.1) is 6.54 Å². The fourth-order valence-corrected chi connectivity index (χ4v) is 1.36. The lowest BCUT2D eigenvalue weighted by molar-refractivity contribution is 0.0857. The van der Waals surface area contributed by atoms with Gasteiger partial charge in [-0.1, -0.05) is 45.0 Å². The number of benzene rings is 1. The van der Waals surface area contributed by atoms with Crippen molar-refractivity contribution in [3.8, 4) is 0 Å². The first-order valence-electron chi connectivity index (χ1n) is 5.24. The number of hydrogen-bond acceptors (Lipinski definition) is 3. The SMILES string of the molecule is CC(C)(C)C(=O)c1ccc(C(=O)CN)cc1. The van der Waals surface area contributed by atoms with Gasteiger partial charge in [-0.15, -0.1) is 0 Å². The fourth-order valence-electron chi connectivity index (χ4n) is 1.36. The monoisotopic (exact) mass is 219 g/mol. The van der Waals surface area contributed by atoms with Gasteiger partial charge in [-0.2, -0.15) is 0 Å². The zero-order valence-electron chi connectivity index (χ0n) is 9.91. The van der Waals surface area contributed by atoms with Crippen molar-refractivity contribution >= 4 is 11.6 Å². The van der Waals surface area contributed by atoms with Gasteiger partial charge in [-0.05, 0) is 0 Å². The average Bonchev–Trinajstić information content (AvgIpc) is 2.26. The summed E-state index contributed by atoms with van der Waals surface area (Å²) in [6.45, 7) is 5.60. The van der Waals surface area contributed by atoms with E-state index in [-0.39, 0.29) is 18.1 Å². The van der Waals surface area contributed by atoms with E-state index < -0.39 is 5.41 Å². The number of hydrogen-bond donors (Lipinski definition) is 1. The first-order chi connectivity index (χ1) is 7.36. The van der Waals surface area contributed by atoms with Crippen LogP contribution in [0.5, 0.6) is 0 Å². The highest BCUT2D eigenvalue weighted by atomic mass is 16.1. The van der Waals surface area contributed by atoms with Gasteiger partial charge in [-0.3, -0.25) is 9.59 Å². The zero-order valence-corrected chi connectivity index (χ0v) is 9.91. The number of Topliss-reactive ketones (excluding diaryl/α,β-unsaturated/α-hetero) is 2. The molecule has 3 nitrogen and oxygen atoms in total. The summed E-state index contributed by atoms with van der Waals surface area (Å²) in [6, 6.07) is 6.65. The topological polar surface area (TPSA) is 60.2 Å². The Kier molecular flexibility index (Phi) is 3.60. The third-order valence-electron chi connectivity index (χ3n) is 2.34. The third-order valence-corrected chi connectivity index (χ3v) is 2.34. The molecule has 1 aromatic carbocycles. The standard InChI is InChI=1S/C13H17NO2/c1-13(2,3)12(16)10-6-4-9(5-7-10)11(15)8-14/h4-7H,8,14H2,1-3H3. The van der Waals surface area contributed by atoms with Crippen molar-refractivity contribution in [1.29, 1.82) is 0 Å². The Bertz CT molecular complexity index is 399. The van der Waals surface area contributed by atoms with Gasteiger partial charge in [0.2, 0.25) is 0 Å². The van der Waals surface area contributed by atoms with Gasteiger partial charge in [-0.25, -0.2) is 0 Å². The molecule has 3 heteroatoms.